The summed E-state index contributed by atoms with van der Waals surface area (Å²) in [4.78, 5) is 14.8. The van der Waals surface area contributed by atoms with E-state index in [9.17, 15) is 4.79 Å². The second-order valence-corrected chi connectivity index (χ2v) is 3.43. The summed E-state index contributed by atoms with van der Waals surface area (Å²) in [6, 6.07) is 0. The topological polar surface area (TPSA) is 39.9 Å². The molecule has 1 fully saturated rings. The Labute approximate surface area is 84.0 Å². The molecule has 0 N–H and O–H groups in total. The summed E-state index contributed by atoms with van der Waals surface area (Å²) >= 11 is 0. The van der Waals surface area contributed by atoms with Crippen molar-refractivity contribution in [2.75, 3.05) is 19.8 Å². The number of nitrogens with zero attached hydrogens (tertiary/aromatic N) is 1. The minimum Gasteiger partial charge on any atom is -0.466 e. The summed E-state index contributed by atoms with van der Waals surface area (Å²) in [7, 11) is 0. The van der Waals surface area contributed by atoms with Gasteiger partial charge < -0.3 is 14.3 Å². The van der Waals surface area contributed by atoms with E-state index in [1.54, 1.807) is 6.92 Å². The van der Waals surface area contributed by atoms with E-state index in [4.69, 9.17) is 16.0 Å². The second kappa shape index (κ2) is 4.97. The van der Waals surface area contributed by atoms with E-state index in [1.165, 1.54) is 0 Å². The molecule has 0 aromatic rings. The minimum absolute atomic E-state index is 0.202. The Hall–Kier alpha value is -1.08. The molecule has 0 aromatic carbocycles. The third-order valence-electron chi connectivity index (χ3n) is 2.44. The Bertz CT molecular complexity index is 238. The zero-order valence-electron chi connectivity index (χ0n) is 8.41. The maximum atomic E-state index is 11.3. The number of carbonyl (C=O) groups excluding carboxylic acids is 1. The highest BCUT2D eigenvalue weighted by Gasteiger charge is 2.41. The highest BCUT2D eigenvalue weighted by molar-refractivity contribution is 5.71. The van der Waals surface area contributed by atoms with Gasteiger partial charge in [-0.15, -0.1) is 0 Å². The molecule has 0 aromatic heterocycles. The summed E-state index contributed by atoms with van der Waals surface area (Å²) in [6.45, 7) is 10.4. The van der Waals surface area contributed by atoms with Gasteiger partial charge in [0.2, 0.25) is 5.54 Å². The SMILES string of the molecule is [C-]#[N+]C1(CC(=O)OCC)CCOCC1. The molecule has 4 nitrogen and oxygen atoms in total. The summed E-state index contributed by atoms with van der Waals surface area (Å²) < 4.78 is 10.0. The lowest BCUT2D eigenvalue weighted by Gasteiger charge is -2.25. The van der Waals surface area contributed by atoms with Gasteiger partial charge in [0, 0.05) is 12.8 Å². The molecule has 1 rings (SSSR count). The van der Waals surface area contributed by atoms with Crippen LogP contribution in [0.25, 0.3) is 4.85 Å². The Kier molecular flexibility index (Phi) is 3.90. The van der Waals surface area contributed by atoms with Gasteiger partial charge >= 0.3 is 5.97 Å². The quantitative estimate of drug-likeness (QED) is 0.507. The third kappa shape index (κ3) is 2.71. The first-order valence-corrected chi connectivity index (χ1v) is 4.84. The van der Waals surface area contributed by atoms with Gasteiger partial charge in [0.1, 0.15) is 6.42 Å². The highest BCUT2D eigenvalue weighted by atomic mass is 16.5. The van der Waals surface area contributed by atoms with E-state index in [2.05, 4.69) is 4.85 Å². The Morgan fingerprint density at radius 1 is 1.57 bits per heavy atom. The molecule has 1 aliphatic heterocycles. The van der Waals surface area contributed by atoms with Gasteiger partial charge in [-0.25, -0.2) is 6.57 Å². The molecule has 1 heterocycles. The van der Waals surface area contributed by atoms with E-state index < -0.39 is 5.54 Å². The van der Waals surface area contributed by atoms with Crippen LogP contribution in [0.4, 0.5) is 0 Å². The molecule has 0 saturated carbocycles. The van der Waals surface area contributed by atoms with Crippen LogP contribution < -0.4 is 0 Å². The van der Waals surface area contributed by atoms with Crippen molar-refractivity contribution >= 4 is 5.97 Å². The van der Waals surface area contributed by atoms with E-state index in [0.717, 1.165) is 0 Å². The molecule has 0 spiro atoms. The van der Waals surface area contributed by atoms with Crippen molar-refractivity contribution in [3.05, 3.63) is 11.4 Å². The molecular formula is C10H15NO3. The molecular weight excluding hydrogens is 182 g/mol. The second-order valence-electron chi connectivity index (χ2n) is 3.43. The number of ether oxygens (including phenoxy) is 2. The predicted octanol–water partition coefficient (Wildman–Crippen LogP) is 1.41. The third-order valence-corrected chi connectivity index (χ3v) is 2.44. The minimum atomic E-state index is -0.565. The average Bonchev–Trinajstić information content (AvgIpc) is 2.19. The maximum Gasteiger partial charge on any atom is 0.314 e. The smallest absolute Gasteiger partial charge is 0.314 e. The summed E-state index contributed by atoms with van der Waals surface area (Å²) in [5, 5.41) is 0. The molecule has 0 amide bonds. The van der Waals surface area contributed by atoms with Crippen molar-refractivity contribution in [3.63, 3.8) is 0 Å². The lowest BCUT2D eigenvalue weighted by atomic mass is 9.88. The van der Waals surface area contributed by atoms with Crippen LogP contribution in [0.1, 0.15) is 26.2 Å². The van der Waals surface area contributed by atoms with Crippen LogP contribution in [-0.4, -0.2) is 31.3 Å². The first kappa shape index (κ1) is 11.0. The Morgan fingerprint density at radius 2 is 2.21 bits per heavy atom. The van der Waals surface area contributed by atoms with Crippen LogP contribution in [0.5, 0.6) is 0 Å². The summed E-state index contributed by atoms with van der Waals surface area (Å²) in [5.74, 6) is -0.273. The van der Waals surface area contributed by atoms with Crippen molar-refractivity contribution < 1.29 is 14.3 Å². The van der Waals surface area contributed by atoms with Crippen molar-refractivity contribution in [2.45, 2.75) is 31.7 Å². The lowest BCUT2D eigenvalue weighted by Crippen LogP contribution is -2.35. The molecule has 0 atom stereocenters. The maximum absolute atomic E-state index is 11.3. The van der Waals surface area contributed by atoms with E-state index in [-0.39, 0.29) is 12.4 Å². The van der Waals surface area contributed by atoms with E-state index in [0.29, 0.717) is 32.7 Å². The van der Waals surface area contributed by atoms with Crippen LogP contribution in [0.3, 0.4) is 0 Å². The van der Waals surface area contributed by atoms with E-state index in [1.807, 2.05) is 0 Å². The number of rotatable bonds is 3. The normalized spacial score (nSPS) is 19.7. The Balaban J connectivity index is 2.52. The van der Waals surface area contributed by atoms with Crippen LogP contribution in [-0.2, 0) is 14.3 Å². The molecule has 0 aliphatic carbocycles. The molecule has 14 heavy (non-hydrogen) atoms. The van der Waals surface area contributed by atoms with Crippen molar-refractivity contribution in [3.8, 4) is 0 Å². The summed E-state index contributed by atoms with van der Waals surface area (Å²) in [6.07, 6.45) is 1.47. The zero-order chi connectivity index (χ0) is 10.4. The first-order chi connectivity index (χ1) is 6.72. The van der Waals surface area contributed by atoms with Gasteiger partial charge in [0.15, 0.2) is 0 Å². The largest absolute Gasteiger partial charge is 0.466 e. The molecule has 0 radical (unpaired) electrons. The Morgan fingerprint density at radius 3 is 2.71 bits per heavy atom. The summed E-state index contributed by atoms with van der Waals surface area (Å²) in [5.41, 5.74) is -0.565. The number of hydrogen-bond donors (Lipinski definition) is 0. The van der Waals surface area contributed by atoms with Gasteiger partial charge in [-0.3, -0.25) is 4.79 Å². The van der Waals surface area contributed by atoms with Crippen LogP contribution in [0, 0.1) is 6.57 Å². The van der Waals surface area contributed by atoms with Gasteiger partial charge in [0.25, 0.3) is 0 Å². The van der Waals surface area contributed by atoms with Gasteiger partial charge in [-0.2, -0.15) is 0 Å². The lowest BCUT2D eigenvalue weighted by molar-refractivity contribution is -0.144. The van der Waals surface area contributed by atoms with Crippen molar-refractivity contribution in [2.24, 2.45) is 0 Å². The first-order valence-electron chi connectivity index (χ1n) is 4.84. The molecule has 1 saturated heterocycles. The molecule has 0 bridgehead atoms. The molecule has 78 valence electrons. The van der Waals surface area contributed by atoms with Crippen LogP contribution >= 0.6 is 0 Å². The monoisotopic (exact) mass is 197 g/mol. The van der Waals surface area contributed by atoms with Crippen LogP contribution in [0.2, 0.25) is 0 Å². The van der Waals surface area contributed by atoms with Gasteiger partial charge in [0.05, 0.1) is 19.8 Å². The molecule has 4 heteroatoms. The standard InChI is InChI=1S/C10H15NO3/c1-3-14-9(12)8-10(11-2)4-6-13-7-5-10/h3-8H2,1H3. The van der Waals surface area contributed by atoms with Crippen molar-refractivity contribution in [1.82, 2.24) is 0 Å². The fourth-order valence-electron chi connectivity index (χ4n) is 1.56. The highest BCUT2D eigenvalue weighted by Crippen LogP contribution is 2.29. The van der Waals surface area contributed by atoms with Gasteiger partial charge in [-0.05, 0) is 6.92 Å². The fraction of sp³-hybridized carbons (Fsp3) is 0.800. The average molecular weight is 197 g/mol. The van der Waals surface area contributed by atoms with Gasteiger partial charge in [-0.1, -0.05) is 0 Å². The van der Waals surface area contributed by atoms with Crippen LogP contribution in [0.15, 0.2) is 0 Å². The fourth-order valence-corrected chi connectivity index (χ4v) is 1.56. The number of hydrogen-bond acceptors (Lipinski definition) is 3. The number of carbonyl (C=O) groups is 1. The zero-order valence-corrected chi connectivity index (χ0v) is 8.41. The molecule has 1 aliphatic rings. The van der Waals surface area contributed by atoms with E-state index >= 15 is 0 Å². The molecule has 0 unspecified atom stereocenters. The van der Waals surface area contributed by atoms with Crippen molar-refractivity contribution in [1.29, 1.82) is 0 Å². The number of esters is 1. The predicted molar refractivity (Wildman–Crippen MR) is 50.6 cm³/mol.